The molecule has 0 amide bonds. The molecule has 188 valence electrons. The van der Waals surface area contributed by atoms with Gasteiger partial charge < -0.3 is 27.5 Å². The Morgan fingerprint density at radius 2 is 1.48 bits per heavy atom. The lowest BCUT2D eigenvalue weighted by molar-refractivity contribution is 0.0553. The van der Waals surface area contributed by atoms with Crippen molar-refractivity contribution in [1.29, 1.82) is 0 Å². The molecule has 0 saturated carbocycles. The third-order valence-electron chi connectivity index (χ3n) is 4.65. The molecule has 33 heavy (non-hydrogen) atoms. The molecule has 11 heteroatoms. The molecule has 0 atom stereocenters. The highest BCUT2D eigenvalue weighted by atomic mass is 28.5. The largest absolute Gasteiger partial charge is 0.508 e. The van der Waals surface area contributed by atoms with E-state index in [0.29, 0.717) is 19.8 Å². The van der Waals surface area contributed by atoms with Gasteiger partial charge in [0.2, 0.25) is 8.32 Å². The van der Waals surface area contributed by atoms with Crippen molar-refractivity contribution in [2.75, 3.05) is 33.2 Å². The van der Waals surface area contributed by atoms with Gasteiger partial charge in [0, 0.05) is 19.3 Å². The lowest BCUT2D eigenvalue weighted by atomic mass is 10.1. The molecule has 0 heterocycles. The Hall–Kier alpha value is -1.35. The van der Waals surface area contributed by atoms with Crippen LogP contribution in [0.3, 0.4) is 0 Å². The summed E-state index contributed by atoms with van der Waals surface area (Å²) in [7, 11) is -5.13. The van der Waals surface area contributed by atoms with Crippen LogP contribution in [-0.4, -0.2) is 75.2 Å². The van der Waals surface area contributed by atoms with E-state index in [-0.39, 0.29) is 28.9 Å². The average Bonchev–Trinajstić information content (AvgIpc) is 2.66. The fourth-order valence-electron chi connectivity index (χ4n) is 3.53. The number of Topliss-reactive ketones (excluding diaryl/α,β-unsaturated/α-hetero) is 1. The second kappa shape index (κ2) is 12.9. The first-order valence-electron chi connectivity index (χ1n) is 11.2. The maximum Gasteiger partial charge on any atom is 0.338 e. The molecule has 1 N–H and O–H groups in total. The molecule has 0 spiro atoms. The first-order valence-corrected chi connectivity index (χ1v) is 20.2. The van der Waals surface area contributed by atoms with Gasteiger partial charge in [0.15, 0.2) is 14.1 Å². The van der Waals surface area contributed by atoms with Crippen LogP contribution in [0.15, 0.2) is 18.2 Å². The molecule has 0 aliphatic rings. The molecule has 1 aromatic carbocycles. The maximum absolute atomic E-state index is 12.5. The van der Waals surface area contributed by atoms with E-state index in [1.807, 2.05) is 26.2 Å². The molecular formula is C22H40O8Si3. The molecule has 0 unspecified atom stereocenters. The predicted molar refractivity (Wildman–Crippen MR) is 135 cm³/mol. The number of benzene rings is 1. The molecule has 0 fully saturated rings. The van der Waals surface area contributed by atoms with Gasteiger partial charge >= 0.3 is 14.5 Å². The number of methoxy groups -OCH3 is 1. The lowest BCUT2D eigenvalue weighted by Crippen LogP contribution is -2.54. The zero-order valence-electron chi connectivity index (χ0n) is 21.3. The number of carbonyl (C=O) groups excluding carboxylic acids is 2. The predicted octanol–water partition coefficient (Wildman–Crippen LogP) is 4.49. The van der Waals surface area contributed by atoms with Gasteiger partial charge in [-0.2, -0.15) is 0 Å². The van der Waals surface area contributed by atoms with E-state index in [1.54, 1.807) is 7.11 Å². The van der Waals surface area contributed by atoms with Crippen LogP contribution in [0.5, 0.6) is 5.75 Å². The number of hydrogen-bond acceptors (Lipinski definition) is 8. The molecule has 0 bridgehead atoms. The van der Waals surface area contributed by atoms with E-state index < -0.39 is 31.2 Å². The number of aromatic hydroxyl groups is 1. The number of phenolic OH excluding ortho intramolecular Hbond substituents is 1. The third kappa shape index (κ3) is 12.1. The first kappa shape index (κ1) is 29.7. The highest BCUT2D eigenvalue weighted by Crippen LogP contribution is 2.24. The van der Waals surface area contributed by atoms with Gasteiger partial charge in [0.05, 0.1) is 18.8 Å². The smallest absolute Gasteiger partial charge is 0.338 e. The van der Waals surface area contributed by atoms with Crippen molar-refractivity contribution in [1.82, 2.24) is 0 Å². The minimum absolute atomic E-state index is 0.138. The van der Waals surface area contributed by atoms with E-state index in [0.717, 1.165) is 12.5 Å². The molecule has 0 aliphatic carbocycles. The minimum atomic E-state index is -2.45. The Labute approximate surface area is 201 Å². The Bertz CT molecular complexity index is 796. The summed E-state index contributed by atoms with van der Waals surface area (Å²) < 4.78 is 29.0. The second-order valence-electron chi connectivity index (χ2n) is 9.73. The highest BCUT2D eigenvalue weighted by Gasteiger charge is 2.40. The summed E-state index contributed by atoms with van der Waals surface area (Å²) in [6.45, 7) is 15.6. The summed E-state index contributed by atoms with van der Waals surface area (Å²) in [5.74, 6) is -0.988. The van der Waals surface area contributed by atoms with Crippen molar-refractivity contribution in [2.45, 2.75) is 58.7 Å². The molecule has 1 rings (SSSR count). The van der Waals surface area contributed by atoms with Crippen LogP contribution in [0.25, 0.3) is 0 Å². The van der Waals surface area contributed by atoms with Crippen LogP contribution in [-0.2, 0) is 22.4 Å². The van der Waals surface area contributed by atoms with Crippen molar-refractivity contribution < 1.29 is 37.1 Å². The van der Waals surface area contributed by atoms with E-state index in [9.17, 15) is 14.7 Å². The van der Waals surface area contributed by atoms with Crippen molar-refractivity contribution >= 4 is 36.9 Å². The summed E-state index contributed by atoms with van der Waals surface area (Å²) in [6.07, 6.45) is 1.07. The quantitative estimate of drug-likeness (QED) is 0.157. The Balaban J connectivity index is 2.61. The van der Waals surface area contributed by atoms with Gasteiger partial charge in [0.25, 0.3) is 0 Å². The van der Waals surface area contributed by atoms with E-state index >= 15 is 0 Å². The van der Waals surface area contributed by atoms with Crippen LogP contribution in [0, 0.1) is 0 Å². The fourth-order valence-corrected chi connectivity index (χ4v) is 16.8. The summed E-state index contributed by atoms with van der Waals surface area (Å²) in [5, 5.41) is 9.80. The normalized spacial score (nSPS) is 12.6. The van der Waals surface area contributed by atoms with E-state index in [1.165, 1.54) is 25.1 Å². The Kier molecular flexibility index (Phi) is 11.6. The topological polar surface area (TPSA) is 101 Å². The van der Waals surface area contributed by atoms with Crippen molar-refractivity contribution in [3.63, 3.8) is 0 Å². The number of carbonyl (C=O) groups is 2. The van der Waals surface area contributed by atoms with Crippen LogP contribution >= 0.6 is 0 Å². The number of esters is 1. The minimum Gasteiger partial charge on any atom is -0.508 e. The summed E-state index contributed by atoms with van der Waals surface area (Å²) >= 11 is 0. The zero-order chi connectivity index (χ0) is 25.3. The molecule has 0 radical (unpaired) electrons. The van der Waals surface area contributed by atoms with Crippen LogP contribution in [0.4, 0.5) is 0 Å². The lowest BCUT2D eigenvalue weighted by Gasteiger charge is -2.38. The SMILES string of the molecule is COCCOCCC[Si](C)(C)O[Si](C)(C)O[Si](C)(C)COC(=O)c1cc(O)cc(C(C)=O)c1. The summed E-state index contributed by atoms with van der Waals surface area (Å²) in [5.41, 5.74) is 0.395. The van der Waals surface area contributed by atoms with Crippen molar-refractivity contribution in [3.05, 3.63) is 29.3 Å². The molecule has 0 aliphatic heterocycles. The van der Waals surface area contributed by atoms with Gasteiger partial charge in [0.1, 0.15) is 12.0 Å². The van der Waals surface area contributed by atoms with Gasteiger partial charge in [-0.05, 0) is 76.9 Å². The number of hydrogen-bond donors (Lipinski definition) is 1. The standard InChI is InChI=1S/C22H40O8Si3/c1-18(23)19-14-20(16-21(24)15-19)22(25)28-17-32(5,6)30-33(7,8)29-31(3,4)13-9-10-27-12-11-26-2/h14-16,24H,9-13,17H2,1-8H3. The van der Waals surface area contributed by atoms with Gasteiger partial charge in [-0.3, -0.25) is 4.79 Å². The number of ketones is 1. The number of rotatable bonds is 15. The summed E-state index contributed by atoms with van der Waals surface area (Å²) in [4.78, 5) is 24.1. The molecule has 8 nitrogen and oxygen atoms in total. The maximum atomic E-state index is 12.5. The van der Waals surface area contributed by atoms with E-state index in [2.05, 4.69) is 13.1 Å². The number of ether oxygens (including phenoxy) is 3. The van der Waals surface area contributed by atoms with Gasteiger partial charge in [-0.15, -0.1) is 0 Å². The monoisotopic (exact) mass is 516 g/mol. The average molecular weight is 517 g/mol. The fraction of sp³-hybridized carbons (Fsp3) is 0.636. The zero-order valence-corrected chi connectivity index (χ0v) is 24.3. The third-order valence-corrected chi connectivity index (χ3v) is 15.4. The Morgan fingerprint density at radius 3 is 2.09 bits per heavy atom. The van der Waals surface area contributed by atoms with Gasteiger partial charge in [-0.25, -0.2) is 4.79 Å². The number of phenols is 1. The molecule has 0 aromatic heterocycles. The molecule has 1 aromatic rings. The molecular weight excluding hydrogens is 476 g/mol. The Morgan fingerprint density at radius 1 is 0.879 bits per heavy atom. The summed E-state index contributed by atoms with van der Waals surface area (Å²) in [6, 6.07) is 5.00. The van der Waals surface area contributed by atoms with Crippen LogP contribution in [0.2, 0.25) is 45.3 Å². The second-order valence-corrected chi connectivity index (χ2v) is 22.0. The highest BCUT2D eigenvalue weighted by molar-refractivity contribution is 6.87. The van der Waals surface area contributed by atoms with Gasteiger partial charge in [-0.1, -0.05) is 0 Å². The van der Waals surface area contributed by atoms with Crippen molar-refractivity contribution in [3.8, 4) is 5.75 Å². The van der Waals surface area contributed by atoms with Crippen molar-refractivity contribution in [2.24, 2.45) is 0 Å². The van der Waals surface area contributed by atoms with Crippen LogP contribution in [0.1, 0.15) is 34.1 Å². The van der Waals surface area contributed by atoms with Crippen LogP contribution < -0.4 is 0 Å². The first-order chi connectivity index (χ1) is 15.2. The van der Waals surface area contributed by atoms with E-state index in [4.69, 9.17) is 22.4 Å². The molecule has 0 saturated heterocycles.